The molecule has 0 spiro atoms. The quantitative estimate of drug-likeness (QED) is 0.739. The Morgan fingerprint density at radius 3 is 2.12 bits per heavy atom. The van der Waals surface area contributed by atoms with Crippen molar-refractivity contribution in [3.05, 3.63) is 0 Å². The van der Waals surface area contributed by atoms with Crippen molar-refractivity contribution >= 4 is 6.09 Å². The normalized spacial score (nSPS) is 22.6. The molecule has 2 rings (SSSR count). The third-order valence-corrected chi connectivity index (χ3v) is 3.63. The number of rotatable bonds is 2. The highest BCUT2D eigenvalue weighted by Gasteiger charge is 2.30. The van der Waals surface area contributed by atoms with Gasteiger partial charge in [0.1, 0.15) is 5.60 Å². The van der Waals surface area contributed by atoms with E-state index in [0.29, 0.717) is 0 Å². The lowest BCUT2D eigenvalue weighted by atomic mass is 9.92. The van der Waals surface area contributed by atoms with Crippen molar-refractivity contribution in [3.8, 4) is 0 Å². The van der Waals surface area contributed by atoms with Crippen molar-refractivity contribution in [3.63, 3.8) is 0 Å². The molecule has 1 saturated heterocycles. The summed E-state index contributed by atoms with van der Waals surface area (Å²) < 4.78 is 5.39. The van der Waals surface area contributed by atoms with Crippen LogP contribution in [0.2, 0.25) is 0 Å². The molecule has 3 heteroatoms. The summed E-state index contributed by atoms with van der Waals surface area (Å²) in [6.07, 6.45) is 6.45. The average molecular weight is 239 g/mol. The molecule has 2 fully saturated rings. The van der Waals surface area contributed by atoms with Crippen LogP contribution in [0.25, 0.3) is 0 Å². The molecule has 0 aromatic rings. The minimum Gasteiger partial charge on any atom is -0.444 e. The van der Waals surface area contributed by atoms with E-state index in [9.17, 15) is 4.79 Å². The van der Waals surface area contributed by atoms with Gasteiger partial charge in [-0.25, -0.2) is 4.79 Å². The van der Waals surface area contributed by atoms with Gasteiger partial charge in [-0.1, -0.05) is 12.8 Å². The SMILES string of the molecule is CC(C)(C)OC(=O)N1CCC(CC2CC2)CC1. The Bertz CT molecular complexity index is 270. The highest BCUT2D eigenvalue weighted by molar-refractivity contribution is 5.68. The van der Waals surface area contributed by atoms with Gasteiger partial charge in [0.2, 0.25) is 0 Å². The highest BCUT2D eigenvalue weighted by atomic mass is 16.6. The zero-order valence-corrected chi connectivity index (χ0v) is 11.4. The van der Waals surface area contributed by atoms with Gasteiger partial charge >= 0.3 is 6.09 Å². The van der Waals surface area contributed by atoms with Crippen molar-refractivity contribution in [1.82, 2.24) is 4.90 Å². The van der Waals surface area contributed by atoms with Crippen molar-refractivity contribution in [2.75, 3.05) is 13.1 Å². The number of nitrogens with zero attached hydrogens (tertiary/aromatic N) is 1. The van der Waals surface area contributed by atoms with Crippen LogP contribution in [0.3, 0.4) is 0 Å². The lowest BCUT2D eigenvalue weighted by molar-refractivity contribution is 0.0179. The fraction of sp³-hybridized carbons (Fsp3) is 0.929. The standard InChI is InChI=1S/C14H25NO2/c1-14(2,3)17-13(16)15-8-6-12(7-9-15)10-11-4-5-11/h11-12H,4-10H2,1-3H3. The van der Waals surface area contributed by atoms with Crippen LogP contribution >= 0.6 is 0 Å². The molecule has 0 unspecified atom stereocenters. The van der Waals surface area contributed by atoms with E-state index in [1.807, 2.05) is 25.7 Å². The molecule has 1 aliphatic carbocycles. The molecule has 1 saturated carbocycles. The lowest BCUT2D eigenvalue weighted by Crippen LogP contribution is -2.41. The second kappa shape index (κ2) is 4.87. The molecule has 1 heterocycles. The average Bonchev–Trinajstić information content (AvgIpc) is 3.00. The Balaban J connectivity index is 1.72. The van der Waals surface area contributed by atoms with Crippen LogP contribution < -0.4 is 0 Å². The van der Waals surface area contributed by atoms with Crippen LogP contribution in [0.1, 0.15) is 52.9 Å². The maximum Gasteiger partial charge on any atom is 0.410 e. The zero-order valence-electron chi connectivity index (χ0n) is 11.4. The maximum atomic E-state index is 11.9. The van der Waals surface area contributed by atoms with E-state index in [1.54, 1.807) is 0 Å². The number of hydrogen-bond donors (Lipinski definition) is 0. The molecule has 0 bridgehead atoms. The number of likely N-dealkylation sites (tertiary alicyclic amines) is 1. The monoisotopic (exact) mass is 239 g/mol. The summed E-state index contributed by atoms with van der Waals surface area (Å²) in [7, 11) is 0. The first-order valence-electron chi connectivity index (χ1n) is 6.92. The van der Waals surface area contributed by atoms with Gasteiger partial charge in [0.15, 0.2) is 0 Å². The minimum absolute atomic E-state index is 0.137. The summed E-state index contributed by atoms with van der Waals surface area (Å²) >= 11 is 0. The number of carbonyl (C=O) groups is 1. The van der Waals surface area contributed by atoms with Crippen LogP contribution in [0.4, 0.5) is 4.79 Å². The van der Waals surface area contributed by atoms with Gasteiger partial charge in [0.25, 0.3) is 0 Å². The molecular formula is C14H25NO2. The van der Waals surface area contributed by atoms with Crippen LogP contribution in [0.5, 0.6) is 0 Å². The molecular weight excluding hydrogens is 214 g/mol. The Morgan fingerprint density at radius 2 is 1.65 bits per heavy atom. The van der Waals surface area contributed by atoms with Gasteiger partial charge in [-0.2, -0.15) is 0 Å². The van der Waals surface area contributed by atoms with Gasteiger partial charge in [-0.05, 0) is 51.9 Å². The first-order valence-corrected chi connectivity index (χ1v) is 6.92. The van der Waals surface area contributed by atoms with E-state index in [2.05, 4.69) is 0 Å². The number of piperidine rings is 1. The van der Waals surface area contributed by atoms with E-state index < -0.39 is 0 Å². The topological polar surface area (TPSA) is 29.5 Å². The lowest BCUT2D eigenvalue weighted by Gasteiger charge is -2.33. The van der Waals surface area contributed by atoms with E-state index in [-0.39, 0.29) is 11.7 Å². The summed E-state index contributed by atoms with van der Waals surface area (Å²) in [6, 6.07) is 0. The van der Waals surface area contributed by atoms with Crippen LogP contribution in [0.15, 0.2) is 0 Å². The van der Waals surface area contributed by atoms with Gasteiger partial charge in [-0.15, -0.1) is 0 Å². The summed E-state index contributed by atoms with van der Waals surface area (Å²) in [5.41, 5.74) is -0.373. The van der Waals surface area contributed by atoms with Crippen LogP contribution in [0, 0.1) is 11.8 Å². The molecule has 3 nitrogen and oxygen atoms in total. The molecule has 1 aliphatic heterocycles. The molecule has 17 heavy (non-hydrogen) atoms. The van der Waals surface area contributed by atoms with E-state index >= 15 is 0 Å². The number of hydrogen-bond acceptors (Lipinski definition) is 2. The molecule has 1 amide bonds. The van der Waals surface area contributed by atoms with Crippen molar-refractivity contribution < 1.29 is 9.53 Å². The first-order chi connectivity index (χ1) is 7.94. The Kier molecular flexibility index (Phi) is 3.64. The minimum atomic E-state index is -0.373. The number of amides is 1. The largest absolute Gasteiger partial charge is 0.444 e. The second-order valence-electron chi connectivity index (χ2n) is 6.59. The third-order valence-electron chi connectivity index (χ3n) is 3.63. The summed E-state index contributed by atoms with van der Waals surface area (Å²) in [5, 5.41) is 0. The fourth-order valence-electron chi connectivity index (χ4n) is 2.50. The van der Waals surface area contributed by atoms with E-state index in [1.165, 1.54) is 19.3 Å². The molecule has 2 aliphatic rings. The van der Waals surface area contributed by atoms with E-state index in [4.69, 9.17) is 4.74 Å². The van der Waals surface area contributed by atoms with Gasteiger partial charge in [0.05, 0.1) is 0 Å². The van der Waals surface area contributed by atoms with E-state index in [0.717, 1.165) is 37.8 Å². The third kappa shape index (κ3) is 4.21. The van der Waals surface area contributed by atoms with Gasteiger partial charge in [-0.3, -0.25) is 0 Å². The highest BCUT2D eigenvalue weighted by Crippen LogP contribution is 2.38. The number of carbonyl (C=O) groups excluding carboxylic acids is 1. The molecule has 0 aromatic heterocycles. The van der Waals surface area contributed by atoms with Crippen LogP contribution in [-0.4, -0.2) is 29.7 Å². The Labute approximate surface area is 105 Å². The van der Waals surface area contributed by atoms with Crippen molar-refractivity contribution in [2.24, 2.45) is 11.8 Å². The number of ether oxygens (including phenoxy) is 1. The molecule has 98 valence electrons. The predicted molar refractivity (Wildman–Crippen MR) is 67.9 cm³/mol. The zero-order chi connectivity index (χ0) is 12.5. The Hall–Kier alpha value is -0.730. The fourth-order valence-corrected chi connectivity index (χ4v) is 2.50. The second-order valence-corrected chi connectivity index (χ2v) is 6.59. The molecule has 0 aromatic carbocycles. The molecule has 0 N–H and O–H groups in total. The smallest absolute Gasteiger partial charge is 0.410 e. The maximum absolute atomic E-state index is 11.9. The van der Waals surface area contributed by atoms with Gasteiger partial charge in [0, 0.05) is 13.1 Å². The predicted octanol–water partition coefficient (Wildman–Crippen LogP) is 3.43. The first kappa shape index (κ1) is 12.7. The van der Waals surface area contributed by atoms with Crippen LogP contribution in [-0.2, 0) is 4.74 Å². The van der Waals surface area contributed by atoms with Gasteiger partial charge < -0.3 is 9.64 Å². The summed E-state index contributed by atoms with van der Waals surface area (Å²) in [4.78, 5) is 13.7. The molecule has 0 radical (unpaired) electrons. The summed E-state index contributed by atoms with van der Waals surface area (Å²) in [5.74, 6) is 1.86. The van der Waals surface area contributed by atoms with Crippen molar-refractivity contribution in [1.29, 1.82) is 0 Å². The summed E-state index contributed by atoms with van der Waals surface area (Å²) in [6.45, 7) is 7.53. The van der Waals surface area contributed by atoms with Crippen molar-refractivity contribution in [2.45, 2.75) is 58.5 Å². The molecule has 0 atom stereocenters. The Morgan fingerprint density at radius 1 is 1.12 bits per heavy atom.